The molecule has 0 spiro atoms. The third kappa shape index (κ3) is 4.28. The van der Waals surface area contributed by atoms with E-state index in [-0.39, 0.29) is 18.5 Å². The van der Waals surface area contributed by atoms with Crippen molar-refractivity contribution >= 4 is 17.6 Å². The van der Waals surface area contributed by atoms with Crippen molar-refractivity contribution in [2.24, 2.45) is 17.8 Å². The Morgan fingerprint density at radius 3 is 2.58 bits per heavy atom. The van der Waals surface area contributed by atoms with Gasteiger partial charge in [-0.25, -0.2) is 0 Å². The quantitative estimate of drug-likeness (QED) is 0.778. The molecule has 0 saturated heterocycles. The van der Waals surface area contributed by atoms with Gasteiger partial charge in [0.25, 0.3) is 5.91 Å². The van der Waals surface area contributed by atoms with E-state index in [0.29, 0.717) is 30.6 Å². The highest BCUT2D eigenvalue weighted by Gasteiger charge is 2.40. The molecule has 2 saturated carbocycles. The van der Waals surface area contributed by atoms with E-state index < -0.39 is 0 Å². The van der Waals surface area contributed by atoms with E-state index in [2.05, 4.69) is 5.32 Å². The van der Waals surface area contributed by atoms with Crippen molar-refractivity contribution in [3.05, 3.63) is 24.3 Å². The van der Waals surface area contributed by atoms with Crippen LogP contribution in [-0.2, 0) is 14.3 Å². The van der Waals surface area contributed by atoms with Crippen LogP contribution in [0.25, 0.3) is 0 Å². The predicted octanol–water partition coefficient (Wildman–Crippen LogP) is 3.39. The lowest BCUT2D eigenvalue weighted by Gasteiger charge is -2.20. The predicted molar refractivity (Wildman–Crippen MR) is 90.8 cm³/mol. The number of fused-ring (bicyclic) bond motifs is 2. The third-order valence-corrected chi connectivity index (χ3v) is 5.13. The molecule has 0 radical (unpaired) electrons. The van der Waals surface area contributed by atoms with Crippen molar-refractivity contribution in [2.75, 3.05) is 18.5 Å². The molecule has 2 bridgehead atoms. The molecule has 1 N–H and O–H groups in total. The van der Waals surface area contributed by atoms with Crippen LogP contribution >= 0.6 is 0 Å². The van der Waals surface area contributed by atoms with Crippen LogP contribution < -0.4 is 10.1 Å². The highest BCUT2D eigenvalue weighted by atomic mass is 16.5. The molecular formula is C19H25NO4. The van der Waals surface area contributed by atoms with E-state index in [1.165, 1.54) is 19.3 Å². The molecule has 5 heteroatoms. The van der Waals surface area contributed by atoms with Gasteiger partial charge in [0.2, 0.25) is 0 Å². The van der Waals surface area contributed by atoms with Crippen molar-refractivity contribution in [2.45, 2.75) is 39.0 Å². The fourth-order valence-corrected chi connectivity index (χ4v) is 4.04. The number of carbonyl (C=O) groups is 2. The van der Waals surface area contributed by atoms with Crippen molar-refractivity contribution in [1.29, 1.82) is 0 Å². The van der Waals surface area contributed by atoms with Gasteiger partial charge in [0.05, 0.1) is 6.61 Å². The second-order valence-electron chi connectivity index (χ2n) is 6.81. The molecule has 0 unspecified atom stereocenters. The molecule has 0 aliphatic heterocycles. The minimum absolute atomic E-state index is 0.229. The molecule has 24 heavy (non-hydrogen) atoms. The normalized spacial score (nSPS) is 24.6. The molecule has 2 fully saturated rings. The summed E-state index contributed by atoms with van der Waals surface area (Å²) in [5, 5.41) is 2.72. The fraction of sp³-hybridized carbons (Fsp3) is 0.579. The van der Waals surface area contributed by atoms with Crippen molar-refractivity contribution in [3.63, 3.8) is 0 Å². The first-order chi connectivity index (χ1) is 11.6. The maximum absolute atomic E-state index is 11.9. The summed E-state index contributed by atoms with van der Waals surface area (Å²) in [5.41, 5.74) is 0.660. The molecule has 3 atom stereocenters. The highest BCUT2D eigenvalue weighted by molar-refractivity contribution is 5.92. The van der Waals surface area contributed by atoms with Gasteiger partial charge in [-0.15, -0.1) is 0 Å². The van der Waals surface area contributed by atoms with Crippen molar-refractivity contribution in [3.8, 4) is 5.75 Å². The third-order valence-electron chi connectivity index (χ3n) is 5.13. The zero-order valence-electron chi connectivity index (χ0n) is 14.1. The van der Waals surface area contributed by atoms with Gasteiger partial charge < -0.3 is 14.8 Å². The fourth-order valence-electron chi connectivity index (χ4n) is 4.04. The lowest BCUT2D eigenvalue weighted by Crippen LogP contribution is -2.23. The van der Waals surface area contributed by atoms with Crippen LogP contribution in [-0.4, -0.2) is 25.1 Å². The zero-order chi connectivity index (χ0) is 16.9. The summed E-state index contributed by atoms with van der Waals surface area (Å²) in [5.74, 6) is 2.16. The minimum Gasteiger partial charge on any atom is -0.494 e. The molecule has 1 amide bonds. The maximum Gasteiger partial charge on any atom is 0.306 e. The van der Waals surface area contributed by atoms with Crippen LogP contribution in [0.3, 0.4) is 0 Å². The van der Waals surface area contributed by atoms with E-state index >= 15 is 0 Å². The lowest BCUT2D eigenvalue weighted by atomic mass is 9.86. The van der Waals surface area contributed by atoms with Gasteiger partial charge in [-0.3, -0.25) is 9.59 Å². The topological polar surface area (TPSA) is 64.6 Å². The molecule has 0 aromatic heterocycles. The van der Waals surface area contributed by atoms with E-state index in [1.54, 1.807) is 24.3 Å². The molecular weight excluding hydrogens is 306 g/mol. The van der Waals surface area contributed by atoms with Gasteiger partial charge in [0.1, 0.15) is 5.75 Å². The smallest absolute Gasteiger partial charge is 0.306 e. The number of rotatable bonds is 7. The van der Waals surface area contributed by atoms with Crippen molar-refractivity contribution in [1.82, 2.24) is 0 Å². The van der Waals surface area contributed by atoms with Crippen LogP contribution in [0.5, 0.6) is 5.75 Å². The number of hydrogen-bond acceptors (Lipinski definition) is 4. The minimum atomic E-state index is -0.319. The van der Waals surface area contributed by atoms with Crippen LogP contribution in [0.4, 0.5) is 5.69 Å². The number of nitrogens with one attached hydrogen (secondary N) is 1. The van der Waals surface area contributed by atoms with Gasteiger partial charge >= 0.3 is 5.97 Å². The number of anilines is 1. The standard InChI is InChI=1S/C19H25NO4/c1-2-23-17-7-5-16(6-8-17)20-18(21)12-24-19(22)11-15-10-13-3-4-14(15)9-13/h5-8,13-15H,2-4,9-12H2,1H3,(H,20,21)/t13-,14+,15-/m0/s1. The van der Waals surface area contributed by atoms with Gasteiger partial charge in [0.15, 0.2) is 6.61 Å². The number of ether oxygens (including phenoxy) is 2. The summed E-state index contributed by atoms with van der Waals surface area (Å²) >= 11 is 0. The largest absolute Gasteiger partial charge is 0.494 e. The van der Waals surface area contributed by atoms with Gasteiger partial charge in [-0.2, -0.15) is 0 Å². The number of esters is 1. The van der Waals surface area contributed by atoms with Gasteiger partial charge in [0, 0.05) is 12.1 Å². The van der Waals surface area contributed by atoms with Crippen LogP contribution in [0.1, 0.15) is 39.0 Å². The van der Waals surface area contributed by atoms with Crippen molar-refractivity contribution < 1.29 is 19.1 Å². The van der Waals surface area contributed by atoms with E-state index in [4.69, 9.17) is 9.47 Å². The Hall–Kier alpha value is -2.04. The Morgan fingerprint density at radius 2 is 1.96 bits per heavy atom. The Balaban J connectivity index is 1.38. The summed E-state index contributed by atoms with van der Waals surface area (Å²) in [6, 6.07) is 7.11. The van der Waals surface area contributed by atoms with Gasteiger partial charge in [-0.05, 0) is 68.2 Å². The second-order valence-corrected chi connectivity index (χ2v) is 6.81. The summed E-state index contributed by atoms with van der Waals surface area (Å²) in [7, 11) is 0. The Kier molecular flexibility index (Phi) is 5.38. The maximum atomic E-state index is 11.9. The van der Waals surface area contributed by atoms with Crippen LogP contribution in [0, 0.1) is 17.8 Å². The SMILES string of the molecule is CCOc1ccc(NC(=O)COC(=O)C[C@@H]2C[C@H]3CC[C@@H]2C3)cc1. The summed E-state index contributed by atoms with van der Waals surface area (Å²) < 4.78 is 10.5. The summed E-state index contributed by atoms with van der Waals surface area (Å²) in [6.07, 6.45) is 5.45. The van der Waals surface area contributed by atoms with E-state index in [0.717, 1.165) is 18.1 Å². The molecule has 5 nitrogen and oxygen atoms in total. The number of hydrogen-bond donors (Lipinski definition) is 1. The molecule has 3 rings (SSSR count). The first-order valence-corrected chi connectivity index (χ1v) is 8.82. The number of benzene rings is 1. The lowest BCUT2D eigenvalue weighted by molar-refractivity contribution is -0.148. The molecule has 130 valence electrons. The monoisotopic (exact) mass is 331 g/mol. The Morgan fingerprint density at radius 1 is 1.17 bits per heavy atom. The van der Waals surface area contributed by atoms with E-state index in [1.807, 2.05) is 6.92 Å². The number of amides is 1. The first kappa shape index (κ1) is 16.8. The molecule has 1 aromatic rings. The van der Waals surface area contributed by atoms with Crippen LogP contribution in [0.2, 0.25) is 0 Å². The number of carbonyl (C=O) groups excluding carboxylic acids is 2. The first-order valence-electron chi connectivity index (χ1n) is 8.82. The zero-order valence-corrected chi connectivity index (χ0v) is 14.1. The Bertz CT molecular complexity index is 584. The average Bonchev–Trinajstić information content (AvgIpc) is 3.18. The van der Waals surface area contributed by atoms with E-state index in [9.17, 15) is 9.59 Å². The molecule has 1 aromatic carbocycles. The highest BCUT2D eigenvalue weighted by Crippen LogP contribution is 2.49. The molecule has 2 aliphatic carbocycles. The molecule has 2 aliphatic rings. The second kappa shape index (κ2) is 7.69. The summed E-state index contributed by atoms with van der Waals surface area (Å²) in [6.45, 7) is 2.29. The average molecular weight is 331 g/mol. The van der Waals surface area contributed by atoms with Gasteiger partial charge in [-0.1, -0.05) is 6.42 Å². The summed E-state index contributed by atoms with van der Waals surface area (Å²) in [4.78, 5) is 23.8. The molecule has 0 heterocycles. The Labute approximate surface area is 142 Å². The van der Waals surface area contributed by atoms with Crippen LogP contribution in [0.15, 0.2) is 24.3 Å².